The second-order valence-electron chi connectivity index (χ2n) is 8.39. The lowest BCUT2D eigenvalue weighted by molar-refractivity contribution is -0.126. The summed E-state index contributed by atoms with van der Waals surface area (Å²) in [6.07, 6.45) is 2.65. The van der Waals surface area contributed by atoms with Crippen molar-refractivity contribution < 1.29 is 14.3 Å². The van der Waals surface area contributed by atoms with Gasteiger partial charge >= 0.3 is 0 Å². The Labute approximate surface area is 200 Å². The number of aromatic hydroxyl groups is 1. The topological polar surface area (TPSA) is 69.6 Å². The molecule has 1 aromatic heterocycles. The van der Waals surface area contributed by atoms with Crippen LogP contribution < -0.4 is 4.90 Å². The smallest absolute Gasteiger partial charge is 0.246 e. The fraction of sp³-hybridized carbons (Fsp3) is 0.192. The molecule has 1 fully saturated rings. The van der Waals surface area contributed by atoms with Crippen molar-refractivity contribution in [1.29, 1.82) is 0 Å². The lowest BCUT2D eigenvalue weighted by Gasteiger charge is -2.40. The second kappa shape index (κ2) is 8.57. The molecule has 5 rings (SSSR count). The van der Waals surface area contributed by atoms with Gasteiger partial charge in [0.05, 0.1) is 5.02 Å². The molecule has 34 heavy (non-hydrogen) atoms. The summed E-state index contributed by atoms with van der Waals surface area (Å²) in [7, 11) is 0. The number of rotatable bonds is 3. The van der Waals surface area contributed by atoms with Gasteiger partial charge in [-0.25, -0.2) is 14.4 Å². The van der Waals surface area contributed by atoms with Gasteiger partial charge in [0.15, 0.2) is 5.82 Å². The highest BCUT2D eigenvalue weighted by Crippen LogP contribution is 2.42. The number of hydrogen-bond acceptors (Lipinski definition) is 5. The highest BCUT2D eigenvalue weighted by atomic mass is 35.5. The minimum Gasteiger partial charge on any atom is -0.508 e. The molecule has 4 aromatic rings. The van der Waals surface area contributed by atoms with Gasteiger partial charge in [0.1, 0.15) is 23.4 Å². The van der Waals surface area contributed by atoms with Gasteiger partial charge in [0.2, 0.25) is 5.91 Å². The van der Waals surface area contributed by atoms with E-state index in [-0.39, 0.29) is 33.8 Å². The zero-order chi connectivity index (χ0) is 24.0. The van der Waals surface area contributed by atoms with Crippen molar-refractivity contribution in [2.24, 2.45) is 0 Å². The zero-order valence-corrected chi connectivity index (χ0v) is 19.3. The highest BCUT2D eigenvalue weighted by Gasteiger charge is 2.29. The Hall–Kier alpha value is -3.71. The molecule has 0 spiro atoms. The minimum atomic E-state index is -0.574. The summed E-state index contributed by atoms with van der Waals surface area (Å²) >= 11 is 6.67. The fourth-order valence-electron chi connectivity index (χ4n) is 4.70. The van der Waals surface area contributed by atoms with Gasteiger partial charge in [-0.1, -0.05) is 42.4 Å². The van der Waals surface area contributed by atoms with Crippen LogP contribution in [0, 0.1) is 5.82 Å². The second-order valence-corrected chi connectivity index (χ2v) is 8.79. The Morgan fingerprint density at radius 3 is 2.76 bits per heavy atom. The Bertz CT molecular complexity index is 1460. The summed E-state index contributed by atoms with van der Waals surface area (Å²) in [4.78, 5) is 24.5. The monoisotopic (exact) mass is 476 g/mol. The van der Waals surface area contributed by atoms with Gasteiger partial charge in [-0.2, -0.15) is 0 Å². The summed E-state index contributed by atoms with van der Waals surface area (Å²) in [6, 6.07) is 12.2. The summed E-state index contributed by atoms with van der Waals surface area (Å²) in [5.41, 5.74) is 0.819. The number of carbonyl (C=O) groups excluding carboxylic acids is 1. The standard InChI is InChI=1S/C26H22ClFN4O2/c1-3-22(34)31-8-9-32(15(2)13-31)26-20-12-21(27)23(24(28)25(20)29-14-30-26)19-11-17(33)10-16-6-4-5-7-18(16)19/h3-7,10-12,14-15,33H,1,8-9,13H2,2H3/t15-/m0/s1. The van der Waals surface area contributed by atoms with E-state index in [2.05, 4.69) is 16.5 Å². The number of benzene rings is 3. The molecule has 8 heteroatoms. The summed E-state index contributed by atoms with van der Waals surface area (Å²) in [5, 5.41) is 12.5. The maximum atomic E-state index is 16.0. The molecule has 0 aliphatic carbocycles. The van der Waals surface area contributed by atoms with Crippen molar-refractivity contribution in [3.05, 3.63) is 72.3 Å². The number of carbonyl (C=O) groups is 1. The molecular formula is C26H22ClFN4O2. The van der Waals surface area contributed by atoms with E-state index in [4.69, 9.17) is 11.6 Å². The molecule has 0 bridgehead atoms. The summed E-state index contributed by atoms with van der Waals surface area (Å²) in [5.74, 6) is -0.101. The number of fused-ring (bicyclic) bond motifs is 2. The predicted molar refractivity (Wildman–Crippen MR) is 133 cm³/mol. The third-order valence-electron chi connectivity index (χ3n) is 6.30. The number of anilines is 1. The average Bonchev–Trinajstić information content (AvgIpc) is 2.83. The molecule has 1 saturated heterocycles. The van der Waals surface area contributed by atoms with Crippen LogP contribution in [0.2, 0.25) is 5.02 Å². The van der Waals surface area contributed by atoms with Crippen LogP contribution in [0.5, 0.6) is 5.75 Å². The first-order valence-corrected chi connectivity index (χ1v) is 11.3. The molecule has 0 radical (unpaired) electrons. The lowest BCUT2D eigenvalue weighted by atomic mass is 9.96. The molecule has 0 saturated carbocycles. The molecule has 1 aliphatic heterocycles. The van der Waals surface area contributed by atoms with Crippen LogP contribution >= 0.6 is 11.6 Å². The molecule has 1 atom stereocenters. The maximum absolute atomic E-state index is 16.0. The number of piperazine rings is 1. The van der Waals surface area contributed by atoms with E-state index < -0.39 is 5.82 Å². The van der Waals surface area contributed by atoms with Gasteiger partial charge in [-0.3, -0.25) is 4.79 Å². The number of phenols is 1. The van der Waals surface area contributed by atoms with Crippen molar-refractivity contribution in [1.82, 2.24) is 14.9 Å². The van der Waals surface area contributed by atoms with Crippen molar-refractivity contribution in [2.45, 2.75) is 13.0 Å². The first-order valence-electron chi connectivity index (χ1n) is 10.9. The van der Waals surface area contributed by atoms with Crippen molar-refractivity contribution in [2.75, 3.05) is 24.5 Å². The van der Waals surface area contributed by atoms with Crippen LogP contribution in [0.1, 0.15) is 6.92 Å². The first kappa shape index (κ1) is 22.1. The van der Waals surface area contributed by atoms with Gasteiger partial charge in [0, 0.05) is 36.6 Å². The fourth-order valence-corrected chi connectivity index (χ4v) is 4.99. The Morgan fingerprint density at radius 1 is 1.21 bits per heavy atom. The number of aromatic nitrogens is 2. The van der Waals surface area contributed by atoms with E-state index in [9.17, 15) is 9.90 Å². The average molecular weight is 477 g/mol. The molecular weight excluding hydrogens is 455 g/mol. The normalized spacial score (nSPS) is 16.3. The van der Waals surface area contributed by atoms with Crippen molar-refractivity contribution in [3.63, 3.8) is 0 Å². The summed E-state index contributed by atoms with van der Waals surface area (Å²) in [6.45, 7) is 7.08. The van der Waals surface area contributed by atoms with Crippen LogP contribution in [0.15, 0.2) is 61.4 Å². The Morgan fingerprint density at radius 2 is 2.00 bits per heavy atom. The third-order valence-corrected chi connectivity index (χ3v) is 6.60. The maximum Gasteiger partial charge on any atom is 0.246 e. The van der Waals surface area contributed by atoms with E-state index >= 15 is 4.39 Å². The van der Waals surface area contributed by atoms with Crippen LogP contribution in [-0.4, -0.2) is 51.6 Å². The zero-order valence-electron chi connectivity index (χ0n) is 18.5. The van der Waals surface area contributed by atoms with Crippen LogP contribution in [0.3, 0.4) is 0 Å². The van der Waals surface area contributed by atoms with Gasteiger partial charge in [-0.15, -0.1) is 0 Å². The number of halogens is 2. The van der Waals surface area contributed by atoms with Gasteiger partial charge in [0.25, 0.3) is 0 Å². The number of amides is 1. The first-order chi connectivity index (χ1) is 16.4. The van der Waals surface area contributed by atoms with Crippen molar-refractivity contribution >= 4 is 45.0 Å². The number of hydrogen-bond donors (Lipinski definition) is 1. The molecule has 6 nitrogen and oxygen atoms in total. The third kappa shape index (κ3) is 3.62. The Balaban J connectivity index is 1.64. The quantitative estimate of drug-likeness (QED) is 0.413. The van der Waals surface area contributed by atoms with E-state index in [1.165, 1.54) is 18.5 Å². The van der Waals surface area contributed by atoms with Gasteiger partial charge < -0.3 is 14.9 Å². The lowest BCUT2D eigenvalue weighted by Crippen LogP contribution is -2.53. The molecule has 1 amide bonds. The van der Waals surface area contributed by atoms with Crippen LogP contribution in [-0.2, 0) is 4.79 Å². The molecule has 172 valence electrons. The highest BCUT2D eigenvalue weighted by molar-refractivity contribution is 6.35. The van der Waals surface area contributed by atoms with E-state index in [0.29, 0.717) is 36.4 Å². The Kier molecular flexibility index (Phi) is 5.57. The predicted octanol–water partition coefficient (Wildman–Crippen LogP) is 5.17. The molecule has 1 aliphatic rings. The molecule has 0 unspecified atom stereocenters. The van der Waals surface area contributed by atoms with E-state index in [0.717, 1.165) is 10.8 Å². The van der Waals surface area contributed by atoms with Crippen molar-refractivity contribution in [3.8, 4) is 16.9 Å². The largest absolute Gasteiger partial charge is 0.508 e. The van der Waals surface area contributed by atoms with E-state index in [1.54, 1.807) is 17.0 Å². The number of phenolic OH excluding ortho intramolecular Hbond substituents is 1. The SMILES string of the molecule is C=CC(=O)N1CCN(c2ncnc3c(F)c(-c4cc(O)cc5ccccc45)c(Cl)cc23)[C@@H](C)C1. The van der Waals surface area contributed by atoms with Crippen LogP contribution in [0.4, 0.5) is 10.2 Å². The number of nitrogens with zero attached hydrogens (tertiary/aromatic N) is 4. The summed E-state index contributed by atoms with van der Waals surface area (Å²) < 4.78 is 16.0. The molecule has 3 aromatic carbocycles. The minimum absolute atomic E-state index is 0.0217. The van der Waals surface area contributed by atoms with Gasteiger partial charge in [-0.05, 0) is 47.5 Å². The molecule has 1 N–H and O–H groups in total. The van der Waals surface area contributed by atoms with E-state index in [1.807, 2.05) is 36.1 Å². The molecule has 2 heterocycles. The van der Waals surface area contributed by atoms with Crippen LogP contribution in [0.25, 0.3) is 32.8 Å².